The maximum Gasteiger partial charge on any atom is 0.253 e. The lowest BCUT2D eigenvalue weighted by molar-refractivity contribution is 0.0746. The van der Waals surface area contributed by atoms with Crippen molar-refractivity contribution in [2.75, 3.05) is 36.8 Å². The Morgan fingerprint density at radius 3 is 2.68 bits per heavy atom. The third kappa shape index (κ3) is 3.85. The Labute approximate surface area is 169 Å². The molecular weight excluding hydrogens is 370 g/mol. The van der Waals surface area contributed by atoms with Crippen molar-refractivity contribution < 1.29 is 4.79 Å². The number of pyridine rings is 1. The number of carbonyl (C=O) groups is 1. The molecule has 1 saturated heterocycles. The third-order valence-electron chi connectivity index (χ3n) is 5.47. The lowest BCUT2D eigenvalue weighted by atomic mass is 9.88. The number of aliphatic imine (C=N–C) groups is 1. The summed E-state index contributed by atoms with van der Waals surface area (Å²) in [6, 6.07) is 13.8. The van der Waals surface area contributed by atoms with Crippen LogP contribution in [0, 0.1) is 0 Å². The van der Waals surface area contributed by atoms with Crippen LogP contribution >= 0.6 is 11.8 Å². The van der Waals surface area contributed by atoms with Crippen molar-refractivity contribution in [3.63, 3.8) is 0 Å². The molecule has 28 heavy (non-hydrogen) atoms. The highest BCUT2D eigenvalue weighted by Crippen LogP contribution is 2.35. The first-order valence-electron chi connectivity index (χ1n) is 9.59. The van der Waals surface area contributed by atoms with Crippen LogP contribution in [0.4, 0.5) is 5.82 Å². The third-order valence-corrected chi connectivity index (χ3v) is 6.26. The van der Waals surface area contributed by atoms with Crippen LogP contribution in [0.5, 0.6) is 0 Å². The summed E-state index contributed by atoms with van der Waals surface area (Å²) in [6.45, 7) is 5.06. The van der Waals surface area contributed by atoms with Gasteiger partial charge in [-0.15, -0.1) is 0 Å². The van der Waals surface area contributed by atoms with Gasteiger partial charge in [0.25, 0.3) is 5.91 Å². The van der Waals surface area contributed by atoms with Crippen molar-refractivity contribution in [2.24, 2.45) is 10.7 Å². The second-order valence-corrected chi connectivity index (χ2v) is 8.49. The monoisotopic (exact) mass is 395 g/mol. The Morgan fingerprint density at radius 2 is 1.96 bits per heavy atom. The van der Waals surface area contributed by atoms with Gasteiger partial charge in [0.2, 0.25) is 0 Å². The molecule has 0 saturated carbocycles. The average Bonchev–Trinajstić information content (AvgIpc) is 2.74. The van der Waals surface area contributed by atoms with Crippen molar-refractivity contribution in [3.8, 4) is 0 Å². The molecule has 2 N–H and O–H groups in total. The van der Waals surface area contributed by atoms with E-state index in [9.17, 15) is 4.79 Å². The van der Waals surface area contributed by atoms with Crippen LogP contribution in [0.15, 0.2) is 53.7 Å². The van der Waals surface area contributed by atoms with Gasteiger partial charge in [-0.05, 0) is 43.2 Å². The minimum atomic E-state index is -0.358. The minimum absolute atomic E-state index is 0.0771. The number of thioether (sulfide) groups is 1. The average molecular weight is 396 g/mol. The van der Waals surface area contributed by atoms with E-state index in [1.54, 1.807) is 18.0 Å². The first-order valence-corrected chi connectivity index (χ1v) is 10.6. The summed E-state index contributed by atoms with van der Waals surface area (Å²) in [7, 11) is 0. The van der Waals surface area contributed by atoms with Crippen molar-refractivity contribution in [2.45, 2.75) is 18.9 Å². The van der Waals surface area contributed by atoms with E-state index in [-0.39, 0.29) is 11.4 Å². The molecular formula is C21H25N5OS. The van der Waals surface area contributed by atoms with Crippen LogP contribution < -0.4 is 10.6 Å². The fraction of sp³-hybridized carbons (Fsp3) is 0.381. The zero-order valence-corrected chi connectivity index (χ0v) is 16.9. The fourth-order valence-corrected chi connectivity index (χ4v) is 4.72. The first-order chi connectivity index (χ1) is 13.5. The number of piperazine rings is 1. The Bertz CT molecular complexity index is 879. The number of anilines is 1. The Balaban J connectivity index is 1.47. The minimum Gasteiger partial charge on any atom is -0.379 e. The van der Waals surface area contributed by atoms with Gasteiger partial charge in [0.1, 0.15) is 5.82 Å². The van der Waals surface area contributed by atoms with Crippen LogP contribution in [0.2, 0.25) is 0 Å². The normalized spacial score (nSPS) is 22.7. The lowest BCUT2D eigenvalue weighted by Crippen LogP contribution is -2.49. The molecule has 1 aromatic heterocycles. The molecule has 3 heterocycles. The van der Waals surface area contributed by atoms with Crippen LogP contribution in [-0.4, -0.2) is 52.9 Å². The van der Waals surface area contributed by atoms with Crippen molar-refractivity contribution in [1.82, 2.24) is 9.88 Å². The zero-order chi connectivity index (χ0) is 19.6. The van der Waals surface area contributed by atoms with Gasteiger partial charge in [0.15, 0.2) is 5.17 Å². The van der Waals surface area contributed by atoms with E-state index in [1.165, 1.54) is 0 Å². The summed E-state index contributed by atoms with van der Waals surface area (Å²) in [5.74, 6) is 1.99. The number of amidine groups is 1. The van der Waals surface area contributed by atoms with Gasteiger partial charge in [0.05, 0.1) is 5.54 Å². The van der Waals surface area contributed by atoms with Crippen LogP contribution in [0.1, 0.15) is 29.3 Å². The van der Waals surface area contributed by atoms with Gasteiger partial charge < -0.3 is 15.5 Å². The van der Waals surface area contributed by atoms with Gasteiger partial charge in [-0.1, -0.05) is 30.0 Å². The zero-order valence-electron chi connectivity index (χ0n) is 16.0. The largest absolute Gasteiger partial charge is 0.379 e. The predicted octanol–water partition coefficient (Wildman–Crippen LogP) is 2.71. The number of nitrogens with two attached hydrogens (primary N) is 1. The summed E-state index contributed by atoms with van der Waals surface area (Å²) < 4.78 is 0. The summed E-state index contributed by atoms with van der Waals surface area (Å²) in [4.78, 5) is 26.3. The number of aromatic nitrogens is 1. The topological polar surface area (TPSA) is 74.8 Å². The molecule has 7 heteroatoms. The molecule has 2 aliphatic rings. The Morgan fingerprint density at radius 1 is 1.14 bits per heavy atom. The highest BCUT2D eigenvalue weighted by atomic mass is 32.2. The molecule has 0 radical (unpaired) electrons. The Kier molecular flexibility index (Phi) is 5.26. The number of nitrogens with zero attached hydrogens (tertiary/aromatic N) is 4. The highest BCUT2D eigenvalue weighted by molar-refractivity contribution is 8.13. The number of hydrogen-bond donors (Lipinski definition) is 1. The smallest absolute Gasteiger partial charge is 0.253 e. The quantitative estimate of drug-likeness (QED) is 0.865. The van der Waals surface area contributed by atoms with Gasteiger partial charge in [0, 0.05) is 43.7 Å². The SMILES string of the molecule is CC1(c2cccc(C(=O)N3CCN(c4ccccn4)CC3)c2)CCSC(N)=N1. The molecule has 6 nitrogen and oxygen atoms in total. The van der Waals surface area contributed by atoms with Crippen LogP contribution in [0.3, 0.4) is 0 Å². The van der Waals surface area contributed by atoms with E-state index in [0.29, 0.717) is 18.3 Å². The molecule has 1 amide bonds. The highest BCUT2D eigenvalue weighted by Gasteiger charge is 2.30. The summed E-state index contributed by atoms with van der Waals surface area (Å²) >= 11 is 1.59. The molecule has 1 unspecified atom stereocenters. The van der Waals surface area contributed by atoms with Crippen molar-refractivity contribution in [3.05, 3.63) is 59.8 Å². The number of hydrogen-bond acceptors (Lipinski definition) is 6. The molecule has 0 aliphatic carbocycles. The Hall–Kier alpha value is -2.54. The number of rotatable bonds is 3. The molecule has 2 aliphatic heterocycles. The molecule has 146 valence electrons. The maximum absolute atomic E-state index is 13.1. The van der Waals surface area contributed by atoms with Gasteiger partial charge in [-0.25, -0.2) is 4.98 Å². The van der Waals surface area contributed by atoms with E-state index >= 15 is 0 Å². The number of amides is 1. The van der Waals surface area contributed by atoms with Crippen LogP contribution in [-0.2, 0) is 5.54 Å². The second-order valence-electron chi connectivity index (χ2n) is 7.37. The standard InChI is InChI=1S/C21H25N5OS/c1-21(8-14-28-20(22)24-21)17-6-4-5-16(15-17)19(27)26-12-10-25(11-13-26)18-7-2-3-9-23-18/h2-7,9,15H,8,10-14H2,1H3,(H2,22,24). The fourth-order valence-electron chi connectivity index (χ4n) is 3.74. The molecule has 0 bridgehead atoms. The predicted molar refractivity (Wildman–Crippen MR) is 115 cm³/mol. The van der Waals surface area contributed by atoms with Crippen LogP contribution in [0.25, 0.3) is 0 Å². The lowest BCUT2D eigenvalue weighted by Gasteiger charge is -2.35. The molecule has 0 spiro atoms. The summed E-state index contributed by atoms with van der Waals surface area (Å²) in [5.41, 5.74) is 7.36. The van der Waals surface area contributed by atoms with Gasteiger partial charge in [-0.2, -0.15) is 0 Å². The van der Waals surface area contributed by atoms with E-state index in [1.807, 2.05) is 47.4 Å². The molecule has 1 atom stereocenters. The second kappa shape index (κ2) is 7.83. The van der Waals surface area contributed by atoms with E-state index in [0.717, 1.165) is 42.2 Å². The molecule has 2 aromatic rings. The maximum atomic E-state index is 13.1. The van der Waals surface area contributed by atoms with E-state index < -0.39 is 0 Å². The van der Waals surface area contributed by atoms with E-state index in [2.05, 4.69) is 21.8 Å². The molecule has 1 aromatic carbocycles. The van der Waals surface area contributed by atoms with Gasteiger partial charge >= 0.3 is 0 Å². The molecule has 1 fully saturated rings. The summed E-state index contributed by atoms with van der Waals surface area (Å²) in [5, 5.41) is 0.621. The molecule has 4 rings (SSSR count). The van der Waals surface area contributed by atoms with Crippen molar-refractivity contribution >= 4 is 28.7 Å². The number of carbonyl (C=O) groups excluding carboxylic acids is 1. The number of benzene rings is 1. The van der Waals surface area contributed by atoms with E-state index in [4.69, 9.17) is 5.73 Å². The van der Waals surface area contributed by atoms with Gasteiger partial charge in [-0.3, -0.25) is 9.79 Å². The van der Waals surface area contributed by atoms with Crippen molar-refractivity contribution in [1.29, 1.82) is 0 Å². The first kappa shape index (κ1) is 18.8. The summed E-state index contributed by atoms with van der Waals surface area (Å²) in [6.07, 6.45) is 2.72.